The minimum Gasteiger partial charge on any atom is -0.352 e. The molecule has 0 atom stereocenters. The average molecular weight is 279 g/mol. The largest absolute Gasteiger partial charge is 0.352 e. The standard InChI is InChI=1S/C14H25N5O/c1-5-15-8-12-10(2)17-19(4)14(12)18(3)9-13(20)16-11-6-7-11/h11,15H,5-9H2,1-4H3,(H,16,20). The number of nitrogens with one attached hydrogen (secondary N) is 2. The summed E-state index contributed by atoms with van der Waals surface area (Å²) in [5.74, 6) is 1.10. The number of aryl methyl sites for hydroxylation is 2. The highest BCUT2D eigenvalue weighted by atomic mass is 16.2. The Bertz CT molecular complexity index is 478. The van der Waals surface area contributed by atoms with Gasteiger partial charge in [-0.05, 0) is 26.3 Å². The first-order valence-corrected chi connectivity index (χ1v) is 7.26. The molecule has 1 aromatic rings. The minimum absolute atomic E-state index is 0.0863. The van der Waals surface area contributed by atoms with Gasteiger partial charge in [-0.1, -0.05) is 6.92 Å². The summed E-state index contributed by atoms with van der Waals surface area (Å²) in [7, 11) is 3.87. The molecule has 1 heterocycles. The quantitative estimate of drug-likeness (QED) is 0.765. The van der Waals surface area contributed by atoms with Crippen molar-refractivity contribution in [3.8, 4) is 0 Å². The molecular weight excluding hydrogens is 254 g/mol. The monoisotopic (exact) mass is 279 g/mol. The van der Waals surface area contributed by atoms with Crippen LogP contribution in [0.2, 0.25) is 0 Å². The minimum atomic E-state index is 0.0863. The van der Waals surface area contributed by atoms with Crippen LogP contribution in [0.3, 0.4) is 0 Å². The number of nitrogens with zero attached hydrogens (tertiary/aromatic N) is 3. The SMILES string of the molecule is CCNCc1c(C)nn(C)c1N(C)CC(=O)NC1CC1. The summed E-state index contributed by atoms with van der Waals surface area (Å²) in [5, 5.41) is 10.8. The highest BCUT2D eigenvalue weighted by Gasteiger charge is 2.24. The van der Waals surface area contributed by atoms with E-state index in [0.29, 0.717) is 12.6 Å². The van der Waals surface area contributed by atoms with Crippen LogP contribution < -0.4 is 15.5 Å². The number of rotatable bonds is 7. The molecular formula is C14H25N5O. The van der Waals surface area contributed by atoms with Crippen molar-refractivity contribution in [2.45, 2.75) is 39.3 Å². The number of carbonyl (C=O) groups is 1. The van der Waals surface area contributed by atoms with Crippen LogP contribution in [0.1, 0.15) is 31.0 Å². The smallest absolute Gasteiger partial charge is 0.239 e. The molecule has 1 saturated carbocycles. The molecule has 1 fully saturated rings. The van der Waals surface area contributed by atoms with Crippen molar-refractivity contribution in [1.29, 1.82) is 0 Å². The normalized spacial score (nSPS) is 14.4. The maximum Gasteiger partial charge on any atom is 0.239 e. The van der Waals surface area contributed by atoms with E-state index in [-0.39, 0.29) is 5.91 Å². The van der Waals surface area contributed by atoms with Gasteiger partial charge >= 0.3 is 0 Å². The Morgan fingerprint density at radius 3 is 2.80 bits per heavy atom. The van der Waals surface area contributed by atoms with Gasteiger partial charge in [0.25, 0.3) is 0 Å². The van der Waals surface area contributed by atoms with E-state index in [1.165, 1.54) is 0 Å². The molecule has 112 valence electrons. The lowest BCUT2D eigenvalue weighted by Gasteiger charge is -2.20. The van der Waals surface area contributed by atoms with Crippen molar-refractivity contribution >= 4 is 11.7 Å². The molecule has 2 N–H and O–H groups in total. The van der Waals surface area contributed by atoms with Crippen LogP contribution in [0, 0.1) is 6.92 Å². The number of hydrogen-bond acceptors (Lipinski definition) is 4. The second kappa shape index (κ2) is 6.26. The third-order valence-electron chi connectivity index (χ3n) is 3.55. The van der Waals surface area contributed by atoms with Gasteiger partial charge in [0.15, 0.2) is 0 Å². The van der Waals surface area contributed by atoms with E-state index in [4.69, 9.17) is 0 Å². The summed E-state index contributed by atoms with van der Waals surface area (Å²) >= 11 is 0. The second-order valence-electron chi connectivity index (χ2n) is 5.49. The Hall–Kier alpha value is -1.56. The predicted octanol–water partition coefficient (Wildman–Crippen LogP) is 0.553. The van der Waals surface area contributed by atoms with Crippen molar-refractivity contribution in [2.24, 2.45) is 7.05 Å². The number of anilines is 1. The van der Waals surface area contributed by atoms with E-state index >= 15 is 0 Å². The number of aromatic nitrogens is 2. The van der Waals surface area contributed by atoms with Gasteiger partial charge < -0.3 is 15.5 Å². The van der Waals surface area contributed by atoms with Crippen LogP contribution in [-0.4, -0.2) is 41.9 Å². The second-order valence-corrected chi connectivity index (χ2v) is 5.49. The van der Waals surface area contributed by atoms with Crippen LogP contribution in [0.4, 0.5) is 5.82 Å². The van der Waals surface area contributed by atoms with Crippen molar-refractivity contribution in [3.05, 3.63) is 11.3 Å². The molecule has 0 aromatic carbocycles. The zero-order valence-corrected chi connectivity index (χ0v) is 12.9. The number of likely N-dealkylation sites (N-methyl/N-ethyl adjacent to an activating group) is 1. The summed E-state index contributed by atoms with van der Waals surface area (Å²) in [6.45, 7) is 6.15. The lowest BCUT2D eigenvalue weighted by molar-refractivity contribution is -0.119. The lowest BCUT2D eigenvalue weighted by atomic mass is 10.2. The van der Waals surface area contributed by atoms with Crippen LogP contribution in [0.15, 0.2) is 0 Å². The Balaban J connectivity index is 2.06. The highest BCUT2D eigenvalue weighted by Crippen LogP contribution is 2.22. The molecule has 1 aliphatic carbocycles. The maximum atomic E-state index is 11.9. The molecule has 1 aromatic heterocycles. The van der Waals surface area contributed by atoms with Crippen molar-refractivity contribution in [1.82, 2.24) is 20.4 Å². The molecule has 1 aliphatic rings. The third kappa shape index (κ3) is 3.50. The van der Waals surface area contributed by atoms with Crippen molar-refractivity contribution < 1.29 is 4.79 Å². The zero-order chi connectivity index (χ0) is 14.7. The topological polar surface area (TPSA) is 62.2 Å². The lowest BCUT2D eigenvalue weighted by Crippen LogP contribution is -2.37. The van der Waals surface area contributed by atoms with Gasteiger partial charge in [-0.3, -0.25) is 9.48 Å². The van der Waals surface area contributed by atoms with E-state index in [2.05, 4.69) is 22.7 Å². The Labute approximate surface area is 120 Å². The molecule has 0 aliphatic heterocycles. The van der Waals surface area contributed by atoms with Crippen LogP contribution in [0.5, 0.6) is 0 Å². The molecule has 6 heteroatoms. The molecule has 6 nitrogen and oxygen atoms in total. The molecule has 0 saturated heterocycles. The summed E-state index contributed by atoms with van der Waals surface area (Å²) in [6, 6.07) is 0.408. The van der Waals surface area contributed by atoms with Gasteiger partial charge in [0.2, 0.25) is 5.91 Å². The average Bonchev–Trinajstić information content (AvgIpc) is 3.11. The first-order chi connectivity index (χ1) is 9.52. The van der Waals surface area contributed by atoms with E-state index in [9.17, 15) is 4.79 Å². The summed E-state index contributed by atoms with van der Waals surface area (Å²) in [6.07, 6.45) is 2.23. The van der Waals surface area contributed by atoms with E-state index in [1.54, 1.807) is 0 Å². The van der Waals surface area contributed by atoms with Crippen molar-refractivity contribution in [3.63, 3.8) is 0 Å². The van der Waals surface area contributed by atoms with Gasteiger partial charge in [-0.2, -0.15) is 5.10 Å². The number of amides is 1. The van der Waals surface area contributed by atoms with Crippen LogP contribution in [-0.2, 0) is 18.4 Å². The third-order valence-corrected chi connectivity index (χ3v) is 3.55. The van der Waals surface area contributed by atoms with E-state index < -0.39 is 0 Å². The number of hydrogen-bond donors (Lipinski definition) is 2. The van der Waals surface area contributed by atoms with Gasteiger partial charge in [0.05, 0.1) is 12.2 Å². The van der Waals surface area contributed by atoms with Gasteiger partial charge in [-0.15, -0.1) is 0 Å². The van der Waals surface area contributed by atoms with Crippen molar-refractivity contribution in [2.75, 3.05) is 25.0 Å². The van der Waals surface area contributed by atoms with Crippen LogP contribution in [0.25, 0.3) is 0 Å². The van der Waals surface area contributed by atoms with Gasteiger partial charge in [-0.25, -0.2) is 0 Å². The number of carbonyl (C=O) groups excluding carboxylic acids is 1. The molecule has 0 unspecified atom stereocenters. The summed E-state index contributed by atoms with van der Waals surface area (Å²) in [5.41, 5.74) is 2.17. The molecule has 1 amide bonds. The fourth-order valence-corrected chi connectivity index (χ4v) is 2.42. The Morgan fingerprint density at radius 1 is 1.50 bits per heavy atom. The molecule has 20 heavy (non-hydrogen) atoms. The summed E-state index contributed by atoms with van der Waals surface area (Å²) in [4.78, 5) is 13.9. The first kappa shape index (κ1) is 14.8. The predicted molar refractivity (Wildman–Crippen MR) is 79.8 cm³/mol. The summed E-state index contributed by atoms with van der Waals surface area (Å²) < 4.78 is 1.85. The maximum absolute atomic E-state index is 11.9. The Morgan fingerprint density at radius 2 is 2.20 bits per heavy atom. The van der Waals surface area contributed by atoms with E-state index in [0.717, 1.165) is 43.0 Å². The van der Waals surface area contributed by atoms with Crippen LogP contribution >= 0.6 is 0 Å². The molecule has 0 bridgehead atoms. The van der Waals surface area contributed by atoms with Gasteiger partial charge in [0.1, 0.15) is 5.82 Å². The Kier molecular flexibility index (Phi) is 4.65. The first-order valence-electron chi connectivity index (χ1n) is 7.26. The van der Waals surface area contributed by atoms with E-state index in [1.807, 2.05) is 30.6 Å². The zero-order valence-electron chi connectivity index (χ0n) is 12.9. The molecule has 0 radical (unpaired) electrons. The molecule has 2 rings (SSSR count). The fourth-order valence-electron chi connectivity index (χ4n) is 2.42. The van der Waals surface area contributed by atoms with Gasteiger partial charge in [0, 0.05) is 32.2 Å². The highest BCUT2D eigenvalue weighted by molar-refractivity contribution is 5.81. The fraction of sp³-hybridized carbons (Fsp3) is 0.714. The molecule has 0 spiro atoms.